The van der Waals surface area contributed by atoms with E-state index in [4.69, 9.17) is 4.74 Å². The molecule has 0 aliphatic carbocycles. The van der Waals surface area contributed by atoms with Crippen molar-refractivity contribution in [1.82, 2.24) is 5.32 Å². The predicted octanol–water partition coefficient (Wildman–Crippen LogP) is 2.99. The van der Waals surface area contributed by atoms with Crippen molar-refractivity contribution in [2.24, 2.45) is 0 Å². The van der Waals surface area contributed by atoms with E-state index in [1.54, 1.807) is 55.6 Å². The second-order valence-corrected chi connectivity index (χ2v) is 5.28. The third-order valence-corrected chi connectivity index (χ3v) is 3.50. The molecular weight excluding hydrogens is 330 g/mol. The van der Waals surface area contributed by atoms with Crippen LogP contribution < -0.4 is 15.4 Å². The normalized spacial score (nSPS) is 10.6. The molecule has 0 aromatic heterocycles. The molecule has 132 valence electrons. The third-order valence-electron chi connectivity index (χ3n) is 3.50. The van der Waals surface area contributed by atoms with E-state index in [0.29, 0.717) is 29.2 Å². The fraction of sp³-hybridized carbons (Fsp3) is 0.150. The maximum absolute atomic E-state index is 12.3. The van der Waals surface area contributed by atoms with Crippen LogP contribution in [-0.2, 0) is 4.79 Å². The molecule has 0 heterocycles. The van der Waals surface area contributed by atoms with E-state index in [-0.39, 0.29) is 11.5 Å². The summed E-state index contributed by atoms with van der Waals surface area (Å²) in [4.78, 5) is 23.8. The third kappa shape index (κ3) is 4.95. The van der Waals surface area contributed by atoms with Crippen LogP contribution in [0.5, 0.6) is 5.75 Å². The first-order chi connectivity index (χ1) is 12.6. The van der Waals surface area contributed by atoms with Gasteiger partial charge in [-0.2, -0.15) is 5.26 Å². The van der Waals surface area contributed by atoms with Crippen LogP contribution >= 0.6 is 0 Å². The first kappa shape index (κ1) is 18.7. The van der Waals surface area contributed by atoms with Gasteiger partial charge in [0.2, 0.25) is 0 Å². The van der Waals surface area contributed by atoms with Gasteiger partial charge in [-0.1, -0.05) is 12.1 Å². The minimum Gasteiger partial charge on any atom is -0.494 e. The number of anilines is 1. The van der Waals surface area contributed by atoms with Crippen molar-refractivity contribution in [3.63, 3.8) is 0 Å². The molecule has 6 heteroatoms. The lowest BCUT2D eigenvalue weighted by Gasteiger charge is -2.07. The molecule has 0 spiro atoms. The molecule has 2 amide bonds. The summed E-state index contributed by atoms with van der Waals surface area (Å²) in [5, 5.41) is 14.5. The van der Waals surface area contributed by atoms with E-state index in [0.717, 1.165) is 0 Å². The summed E-state index contributed by atoms with van der Waals surface area (Å²) in [5.74, 6) is -0.000861. The summed E-state index contributed by atoms with van der Waals surface area (Å²) < 4.78 is 5.34. The Morgan fingerprint density at radius 3 is 2.31 bits per heavy atom. The second kappa shape index (κ2) is 9.04. The number of hydrogen-bond donors (Lipinski definition) is 2. The standard InChI is InChI=1S/C20H19N3O3/c1-3-26-18-10-8-17(9-11-18)23-20(25)16(13-21)12-14-4-6-15(7-5-14)19(24)22-2/h4-12H,3H2,1-2H3,(H,22,24)(H,23,25)/b16-12-. The average Bonchev–Trinajstić information content (AvgIpc) is 2.67. The highest BCUT2D eigenvalue weighted by Crippen LogP contribution is 2.17. The molecule has 26 heavy (non-hydrogen) atoms. The fourth-order valence-electron chi connectivity index (χ4n) is 2.19. The van der Waals surface area contributed by atoms with Crippen LogP contribution in [-0.4, -0.2) is 25.5 Å². The Labute approximate surface area is 152 Å². The Kier molecular flexibility index (Phi) is 6.52. The van der Waals surface area contributed by atoms with Crippen LogP contribution in [0.3, 0.4) is 0 Å². The number of benzene rings is 2. The van der Waals surface area contributed by atoms with Gasteiger partial charge in [0.05, 0.1) is 6.61 Å². The van der Waals surface area contributed by atoms with E-state index < -0.39 is 5.91 Å². The van der Waals surface area contributed by atoms with E-state index in [1.165, 1.54) is 6.08 Å². The van der Waals surface area contributed by atoms with Crippen molar-refractivity contribution in [2.75, 3.05) is 19.0 Å². The van der Waals surface area contributed by atoms with Crippen molar-refractivity contribution < 1.29 is 14.3 Å². The fourth-order valence-corrected chi connectivity index (χ4v) is 2.19. The lowest BCUT2D eigenvalue weighted by atomic mass is 10.1. The number of hydrogen-bond acceptors (Lipinski definition) is 4. The number of rotatable bonds is 6. The van der Waals surface area contributed by atoms with Crippen molar-refractivity contribution in [3.8, 4) is 11.8 Å². The summed E-state index contributed by atoms with van der Waals surface area (Å²) >= 11 is 0. The molecular formula is C20H19N3O3. The van der Waals surface area contributed by atoms with Crippen LogP contribution in [0.4, 0.5) is 5.69 Å². The van der Waals surface area contributed by atoms with E-state index >= 15 is 0 Å². The molecule has 2 aromatic rings. The van der Waals surface area contributed by atoms with Crippen LogP contribution in [0, 0.1) is 11.3 Å². The monoisotopic (exact) mass is 349 g/mol. The van der Waals surface area contributed by atoms with Crippen molar-refractivity contribution in [1.29, 1.82) is 5.26 Å². The minimum atomic E-state index is -0.507. The minimum absolute atomic E-state index is 0.0356. The number of carbonyl (C=O) groups is 2. The number of nitrogens with one attached hydrogen (secondary N) is 2. The molecule has 2 N–H and O–H groups in total. The topological polar surface area (TPSA) is 91.2 Å². The van der Waals surface area contributed by atoms with Crippen molar-refractivity contribution in [3.05, 3.63) is 65.2 Å². The molecule has 0 radical (unpaired) electrons. The highest BCUT2D eigenvalue weighted by Gasteiger charge is 2.10. The number of nitriles is 1. The molecule has 0 aliphatic rings. The number of ether oxygens (including phenoxy) is 1. The Bertz CT molecular complexity index is 847. The van der Waals surface area contributed by atoms with Gasteiger partial charge in [-0.05, 0) is 55.0 Å². The van der Waals surface area contributed by atoms with Gasteiger partial charge in [0.15, 0.2) is 0 Å². The van der Waals surface area contributed by atoms with Gasteiger partial charge >= 0.3 is 0 Å². The molecule has 2 rings (SSSR count). The Balaban J connectivity index is 2.11. The molecule has 6 nitrogen and oxygen atoms in total. The maximum atomic E-state index is 12.3. The summed E-state index contributed by atoms with van der Waals surface area (Å²) in [6.07, 6.45) is 1.47. The molecule has 0 saturated heterocycles. The van der Waals surface area contributed by atoms with Crippen LogP contribution in [0.15, 0.2) is 54.1 Å². The SMILES string of the molecule is CCOc1ccc(NC(=O)/C(C#N)=C\c2ccc(C(=O)NC)cc2)cc1. The zero-order chi connectivity index (χ0) is 18.9. The van der Waals surface area contributed by atoms with Crippen molar-refractivity contribution in [2.45, 2.75) is 6.92 Å². The van der Waals surface area contributed by atoms with Crippen LogP contribution in [0.25, 0.3) is 6.08 Å². The number of amides is 2. The lowest BCUT2D eigenvalue weighted by Crippen LogP contribution is -2.17. The van der Waals surface area contributed by atoms with Crippen LogP contribution in [0.2, 0.25) is 0 Å². The average molecular weight is 349 g/mol. The van der Waals surface area contributed by atoms with E-state index in [2.05, 4.69) is 10.6 Å². The molecule has 2 aromatic carbocycles. The van der Waals surface area contributed by atoms with Gasteiger partial charge in [0.1, 0.15) is 17.4 Å². The molecule has 0 saturated carbocycles. The quantitative estimate of drug-likeness (QED) is 0.619. The largest absolute Gasteiger partial charge is 0.494 e. The summed E-state index contributed by atoms with van der Waals surface area (Å²) in [5.41, 5.74) is 1.68. The summed E-state index contributed by atoms with van der Waals surface area (Å²) in [6, 6.07) is 15.4. The lowest BCUT2D eigenvalue weighted by molar-refractivity contribution is -0.112. The molecule has 0 atom stereocenters. The first-order valence-corrected chi connectivity index (χ1v) is 8.05. The molecule has 0 aliphatic heterocycles. The second-order valence-electron chi connectivity index (χ2n) is 5.28. The van der Waals surface area contributed by atoms with Gasteiger partial charge in [0, 0.05) is 18.3 Å². The van der Waals surface area contributed by atoms with E-state index in [9.17, 15) is 14.9 Å². The summed E-state index contributed by atoms with van der Waals surface area (Å²) in [6.45, 7) is 2.45. The predicted molar refractivity (Wildman–Crippen MR) is 99.7 cm³/mol. The zero-order valence-electron chi connectivity index (χ0n) is 14.6. The number of carbonyl (C=O) groups excluding carboxylic acids is 2. The Hall–Kier alpha value is -3.59. The van der Waals surface area contributed by atoms with Gasteiger partial charge in [-0.25, -0.2) is 0 Å². The van der Waals surface area contributed by atoms with Gasteiger partial charge in [-0.3, -0.25) is 9.59 Å². The molecule has 0 bridgehead atoms. The molecule has 0 unspecified atom stereocenters. The highest BCUT2D eigenvalue weighted by atomic mass is 16.5. The van der Waals surface area contributed by atoms with E-state index in [1.807, 2.05) is 13.0 Å². The van der Waals surface area contributed by atoms with Gasteiger partial charge < -0.3 is 15.4 Å². The first-order valence-electron chi connectivity index (χ1n) is 8.05. The van der Waals surface area contributed by atoms with Gasteiger partial charge in [0.25, 0.3) is 11.8 Å². The number of nitrogens with zero attached hydrogens (tertiary/aromatic N) is 1. The molecule has 0 fully saturated rings. The van der Waals surface area contributed by atoms with Crippen LogP contribution in [0.1, 0.15) is 22.8 Å². The maximum Gasteiger partial charge on any atom is 0.266 e. The Morgan fingerprint density at radius 1 is 1.12 bits per heavy atom. The van der Waals surface area contributed by atoms with Crippen molar-refractivity contribution >= 4 is 23.6 Å². The van der Waals surface area contributed by atoms with Gasteiger partial charge in [-0.15, -0.1) is 0 Å². The summed E-state index contributed by atoms with van der Waals surface area (Å²) in [7, 11) is 1.55. The Morgan fingerprint density at radius 2 is 1.77 bits per heavy atom. The highest BCUT2D eigenvalue weighted by molar-refractivity contribution is 6.09. The smallest absolute Gasteiger partial charge is 0.266 e. The zero-order valence-corrected chi connectivity index (χ0v) is 14.6.